The predicted molar refractivity (Wildman–Crippen MR) is 161 cm³/mol. The Morgan fingerprint density at radius 1 is 0.875 bits per heavy atom. The van der Waals surface area contributed by atoms with Crippen LogP contribution in [0.1, 0.15) is 53.3 Å². The van der Waals surface area contributed by atoms with Crippen molar-refractivity contribution >= 4 is 22.9 Å². The maximum Gasteiger partial charge on any atom is 0.333 e. The Hall–Kier alpha value is -2.32. The lowest BCUT2D eigenvalue weighted by Gasteiger charge is -2.43. The zero-order valence-corrected chi connectivity index (χ0v) is 27.8. The van der Waals surface area contributed by atoms with E-state index in [0.717, 1.165) is 16.4 Å². The van der Waals surface area contributed by atoms with Gasteiger partial charge in [0.2, 0.25) is 0 Å². The van der Waals surface area contributed by atoms with E-state index < -0.39 is 52.4 Å². The fourth-order valence-corrected chi connectivity index (χ4v) is 6.66. The highest BCUT2D eigenvalue weighted by Crippen LogP contribution is 2.45. The summed E-state index contributed by atoms with van der Waals surface area (Å²) in [6.45, 7) is 21.3. The number of methoxy groups -OCH3 is 1. The normalized spacial score (nSPS) is 22.4. The Morgan fingerprint density at radius 3 is 1.88 bits per heavy atom. The maximum atomic E-state index is 13.8. The SMILES string of the molecule is COc1ccc(Cn2c(=O)ccn([C@@H]3O[C@H](C=O)C(O[Si](C)(C)C(C)(C)C)C3O[Si](C)(C)C(C)(C)C)c2=O)cc1. The molecule has 11 heteroatoms. The van der Waals surface area contributed by atoms with Crippen molar-refractivity contribution in [2.75, 3.05) is 7.11 Å². The second-order valence-corrected chi connectivity index (χ2v) is 23.1. The number of ether oxygens (including phenoxy) is 2. The number of benzene rings is 1. The number of nitrogens with zero attached hydrogens (tertiary/aromatic N) is 2. The Labute approximate surface area is 239 Å². The first kappa shape index (κ1) is 32.2. The molecule has 0 bridgehead atoms. The summed E-state index contributed by atoms with van der Waals surface area (Å²) in [6.07, 6.45) is -1.14. The van der Waals surface area contributed by atoms with Crippen molar-refractivity contribution in [3.8, 4) is 5.75 Å². The summed E-state index contributed by atoms with van der Waals surface area (Å²) < 4.78 is 27.7. The van der Waals surface area contributed by atoms with E-state index in [4.69, 9.17) is 18.3 Å². The number of aromatic nitrogens is 2. The largest absolute Gasteiger partial charge is 0.497 e. The van der Waals surface area contributed by atoms with Crippen LogP contribution >= 0.6 is 0 Å². The van der Waals surface area contributed by atoms with Crippen molar-refractivity contribution in [3.05, 3.63) is 62.9 Å². The molecule has 0 amide bonds. The van der Waals surface area contributed by atoms with Gasteiger partial charge in [-0.3, -0.25) is 13.9 Å². The summed E-state index contributed by atoms with van der Waals surface area (Å²) >= 11 is 0. The van der Waals surface area contributed by atoms with Gasteiger partial charge in [0, 0.05) is 12.3 Å². The van der Waals surface area contributed by atoms with E-state index in [1.165, 1.54) is 16.8 Å². The predicted octanol–water partition coefficient (Wildman–Crippen LogP) is 4.94. The van der Waals surface area contributed by atoms with Gasteiger partial charge in [0.15, 0.2) is 29.1 Å². The zero-order chi connectivity index (χ0) is 30.3. The third kappa shape index (κ3) is 6.59. The molecule has 1 aromatic heterocycles. The van der Waals surface area contributed by atoms with E-state index in [-0.39, 0.29) is 16.6 Å². The standard InChI is InChI=1S/C29H46N2O7Si2/c1-28(2,3)39(8,9)37-24-22(19-32)36-26(25(24)38-40(10,11)29(4,5)6)30-17-16-23(33)31(27(30)34)18-20-12-14-21(35-7)15-13-20/h12-17,19,22,24-26H,18H2,1-11H3/t22-,24?,25?,26-/m1/s1. The van der Waals surface area contributed by atoms with Gasteiger partial charge in [0.05, 0.1) is 13.7 Å². The molecule has 0 radical (unpaired) electrons. The first-order valence-electron chi connectivity index (χ1n) is 13.7. The minimum atomic E-state index is -2.42. The van der Waals surface area contributed by atoms with Crippen LogP contribution in [0.4, 0.5) is 0 Å². The van der Waals surface area contributed by atoms with Crippen LogP contribution in [0.25, 0.3) is 0 Å². The molecule has 40 heavy (non-hydrogen) atoms. The Bertz CT molecular complexity index is 1300. The summed E-state index contributed by atoms with van der Waals surface area (Å²) in [7, 11) is -3.21. The highest BCUT2D eigenvalue weighted by molar-refractivity contribution is 6.74. The van der Waals surface area contributed by atoms with Crippen LogP contribution in [-0.4, -0.2) is 57.5 Å². The molecule has 9 nitrogen and oxygen atoms in total. The fraction of sp³-hybridized carbons (Fsp3) is 0.621. The molecule has 3 rings (SSSR count). The summed E-state index contributed by atoms with van der Waals surface area (Å²) in [6, 6.07) is 8.52. The van der Waals surface area contributed by atoms with Gasteiger partial charge >= 0.3 is 5.69 Å². The highest BCUT2D eigenvalue weighted by atomic mass is 28.4. The quantitative estimate of drug-likeness (QED) is 0.301. The summed E-state index contributed by atoms with van der Waals surface area (Å²) in [4.78, 5) is 39.0. The van der Waals surface area contributed by atoms with E-state index >= 15 is 0 Å². The smallest absolute Gasteiger partial charge is 0.333 e. The highest BCUT2D eigenvalue weighted by Gasteiger charge is 2.54. The molecule has 222 valence electrons. The topological polar surface area (TPSA) is 98.0 Å². The van der Waals surface area contributed by atoms with Crippen molar-refractivity contribution in [2.24, 2.45) is 0 Å². The van der Waals surface area contributed by atoms with E-state index in [1.54, 1.807) is 19.2 Å². The average molecular weight is 591 g/mol. The molecule has 1 fully saturated rings. The van der Waals surface area contributed by atoms with E-state index in [9.17, 15) is 14.4 Å². The van der Waals surface area contributed by atoms with Crippen LogP contribution in [0, 0.1) is 0 Å². The Kier molecular flexibility index (Phi) is 9.27. The maximum absolute atomic E-state index is 13.8. The van der Waals surface area contributed by atoms with Gasteiger partial charge in [0.1, 0.15) is 24.1 Å². The van der Waals surface area contributed by atoms with Crippen molar-refractivity contribution < 1.29 is 23.1 Å². The van der Waals surface area contributed by atoms with E-state index in [0.29, 0.717) is 5.75 Å². The monoisotopic (exact) mass is 590 g/mol. The van der Waals surface area contributed by atoms with E-state index in [1.807, 2.05) is 12.1 Å². The van der Waals surface area contributed by atoms with Gasteiger partial charge in [-0.05, 0) is 54.0 Å². The van der Waals surface area contributed by atoms with Crippen LogP contribution in [-0.2, 0) is 24.9 Å². The molecule has 2 heterocycles. The lowest BCUT2D eigenvalue weighted by Crippen LogP contribution is -2.54. The van der Waals surface area contributed by atoms with Gasteiger partial charge in [-0.15, -0.1) is 0 Å². The second-order valence-electron chi connectivity index (χ2n) is 13.6. The summed E-state index contributed by atoms with van der Waals surface area (Å²) in [5.41, 5.74) is -0.211. The van der Waals surface area contributed by atoms with Gasteiger partial charge in [-0.2, -0.15) is 0 Å². The molecule has 0 aliphatic carbocycles. The van der Waals surface area contributed by atoms with Crippen LogP contribution in [0.15, 0.2) is 46.1 Å². The molecule has 1 aliphatic heterocycles. The molecule has 0 saturated carbocycles. The third-order valence-electron chi connectivity index (χ3n) is 8.70. The molecule has 4 atom stereocenters. The molecule has 2 aromatic rings. The molecule has 1 aliphatic rings. The number of carbonyl (C=O) groups is 1. The minimum Gasteiger partial charge on any atom is -0.497 e. The van der Waals surface area contributed by atoms with Crippen molar-refractivity contribution in [3.63, 3.8) is 0 Å². The fourth-order valence-electron chi connectivity index (χ4n) is 4.08. The van der Waals surface area contributed by atoms with Gasteiger partial charge < -0.3 is 23.1 Å². The lowest BCUT2D eigenvalue weighted by atomic mass is 10.1. The molecular weight excluding hydrogens is 544 g/mol. The van der Waals surface area contributed by atoms with Gasteiger partial charge in [-0.25, -0.2) is 4.79 Å². The average Bonchev–Trinajstić information content (AvgIpc) is 3.16. The Morgan fingerprint density at radius 2 is 1.40 bits per heavy atom. The van der Waals surface area contributed by atoms with Crippen LogP contribution in [0.3, 0.4) is 0 Å². The van der Waals surface area contributed by atoms with Crippen LogP contribution < -0.4 is 16.0 Å². The number of rotatable bonds is 9. The van der Waals surface area contributed by atoms with Gasteiger partial charge in [0.25, 0.3) is 5.56 Å². The zero-order valence-electron chi connectivity index (χ0n) is 25.8. The van der Waals surface area contributed by atoms with Gasteiger partial charge in [-0.1, -0.05) is 53.7 Å². The van der Waals surface area contributed by atoms with Crippen molar-refractivity contribution in [1.82, 2.24) is 9.13 Å². The molecule has 0 N–H and O–H groups in total. The van der Waals surface area contributed by atoms with Crippen molar-refractivity contribution in [1.29, 1.82) is 0 Å². The number of aldehydes is 1. The minimum absolute atomic E-state index is 0.0734. The summed E-state index contributed by atoms with van der Waals surface area (Å²) in [5.74, 6) is 0.680. The first-order chi connectivity index (χ1) is 18.3. The van der Waals surface area contributed by atoms with Crippen LogP contribution in [0.5, 0.6) is 5.75 Å². The molecule has 0 spiro atoms. The second kappa shape index (κ2) is 11.5. The molecule has 1 aromatic carbocycles. The number of carbonyl (C=O) groups excluding carboxylic acids is 1. The molecular formula is C29H46N2O7Si2. The van der Waals surface area contributed by atoms with E-state index in [2.05, 4.69) is 67.7 Å². The lowest BCUT2D eigenvalue weighted by molar-refractivity contribution is -0.122. The molecule has 1 saturated heterocycles. The van der Waals surface area contributed by atoms with Crippen LogP contribution in [0.2, 0.25) is 36.3 Å². The Balaban J connectivity index is 2.11. The first-order valence-corrected chi connectivity index (χ1v) is 19.6. The number of hydrogen-bond acceptors (Lipinski definition) is 7. The number of hydrogen-bond donors (Lipinski definition) is 0. The third-order valence-corrected chi connectivity index (χ3v) is 17.7. The molecule has 2 unspecified atom stereocenters. The van der Waals surface area contributed by atoms with Crippen molar-refractivity contribution in [2.45, 2.75) is 109 Å². The summed E-state index contributed by atoms with van der Waals surface area (Å²) in [5, 5.41) is -0.265.